The molecule has 0 radical (unpaired) electrons. The van der Waals surface area contributed by atoms with Gasteiger partial charge in [-0.15, -0.1) is 0 Å². The van der Waals surface area contributed by atoms with Crippen molar-refractivity contribution < 1.29 is 8.42 Å². The summed E-state index contributed by atoms with van der Waals surface area (Å²) >= 11 is 0. The third kappa shape index (κ3) is 2.33. The summed E-state index contributed by atoms with van der Waals surface area (Å²) in [4.78, 5) is 13.9. The van der Waals surface area contributed by atoms with Crippen LogP contribution in [0.25, 0.3) is 11.0 Å². The average molecular weight is 267 g/mol. The van der Waals surface area contributed by atoms with Gasteiger partial charge in [0.1, 0.15) is 6.33 Å². The third-order valence-corrected chi connectivity index (χ3v) is 3.20. The Kier molecular flexibility index (Phi) is 3.04. The lowest BCUT2D eigenvalue weighted by Crippen LogP contribution is -2.09. The van der Waals surface area contributed by atoms with Crippen molar-refractivity contribution in [3.63, 3.8) is 0 Å². The monoisotopic (exact) mass is 267 g/mol. The van der Waals surface area contributed by atoms with Crippen LogP contribution in [0, 0.1) is 0 Å². The summed E-state index contributed by atoms with van der Waals surface area (Å²) in [6.45, 7) is 0. The first-order chi connectivity index (χ1) is 8.39. The first-order valence-corrected chi connectivity index (χ1v) is 6.97. The molecule has 0 saturated heterocycles. The summed E-state index contributed by atoms with van der Waals surface area (Å²) in [5, 5.41) is 0.598. The van der Waals surface area contributed by atoms with Crippen molar-refractivity contribution in [2.24, 2.45) is 4.99 Å². The van der Waals surface area contributed by atoms with E-state index >= 15 is 0 Å². The topological polar surface area (TPSA) is 80.5 Å². The Bertz CT molecular complexity index is 702. The molecule has 7 nitrogen and oxygen atoms in total. The van der Waals surface area contributed by atoms with Crippen molar-refractivity contribution in [3.05, 3.63) is 18.6 Å². The summed E-state index contributed by atoms with van der Waals surface area (Å²) in [5.41, 5.74) is 0.332. The van der Waals surface area contributed by atoms with E-state index in [0.29, 0.717) is 16.9 Å². The Morgan fingerprint density at radius 3 is 2.72 bits per heavy atom. The van der Waals surface area contributed by atoms with Crippen molar-refractivity contribution in [3.8, 4) is 0 Å². The van der Waals surface area contributed by atoms with Crippen LogP contribution in [0.4, 0.5) is 5.82 Å². The van der Waals surface area contributed by atoms with E-state index in [0.717, 1.165) is 10.2 Å². The van der Waals surface area contributed by atoms with Crippen LogP contribution in [0.2, 0.25) is 0 Å². The minimum absolute atomic E-state index is 0.332. The second-order valence-electron chi connectivity index (χ2n) is 4.02. The summed E-state index contributed by atoms with van der Waals surface area (Å²) < 4.78 is 24.2. The zero-order chi connectivity index (χ0) is 13.3. The van der Waals surface area contributed by atoms with Crippen LogP contribution in [-0.2, 0) is 10.0 Å². The summed E-state index contributed by atoms with van der Waals surface area (Å²) in [7, 11) is 0.304. The Labute approximate surface area is 105 Å². The standard InChI is InChI=1S/C10H13N5O2S/c1-14(2)7-13-9-8-4-5-15(18(3,16)17)10(8)12-6-11-9/h4-7H,1-3H3. The molecule has 0 amide bonds. The number of hydrogen-bond donors (Lipinski definition) is 0. The van der Waals surface area contributed by atoms with Crippen molar-refractivity contribution in [1.82, 2.24) is 18.8 Å². The maximum Gasteiger partial charge on any atom is 0.237 e. The van der Waals surface area contributed by atoms with Gasteiger partial charge in [0, 0.05) is 20.3 Å². The van der Waals surface area contributed by atoms with Gasteiger partial charge in [-0.25, -0.2) is 27.4 Å². The van der Waals surface area contributed by atoms with E-state index in [1.165, 1.54) is 12.5 Å². The molecule has 0 unspecified atom stereocenters. The van der Waals surface area contributed by atoms with Gasteiger partial charge in [-0.05, 0) is 6.07 Å². The number of aromatic nitrogens is 3. The first kappa shape index (κ1) is 12.5. The molecule has 0 aliphatic carbocycles. The number of rotatable bonds is 3. The predicted octanol–water partition coefficient (Wildman–Crippen LogP) is 0.460. The molecule has 8 heteroatoms. The normalized spacial score (nSPS) is 12.4. The summed E-state index contributed by atoms with van der Waals surface area (Å²) in [6.07, 6.45) is 5.46. The van der Waals surface area contributed by atoms with Crippen LogP contribution in [-0.4, -0.2) is 53.9 Å². The van der Waals surface area contributed by atoms with Crippen molar-refractivity contribution >= 4 is 33.2 Å². The molecule has 0 atom stereocenters. The largest absolute Gasteiger partial charge is 0.369 e. The molecular formula is C10H13N5O2S. The van der Waals surface area contributed by atoms with Gasteiger partial charge in [-0.1, -0.05) is 0 Å². The molecule has 0 aromatic carbocycles. The summed E-state index contributed by atoms with van der Waals surface area (Å²) in [6, 6.07) is 1.64. The lowest BCUT2D eigenvalue weighted by Gasteiger charge is -2.03. The highest BCUT2D eigenvalue weighted by atomic mass is 32.2. The number of aliphatic imine (C=N–C) groups is 1. The molecule has 2 aromatic heterocycles. The maximum absolute atomic E-state index is 11.5. The van der Waals surface area contributed by atoms with Gasteiger partial charge in [0.05, 0.1) is 18.0 Å². The van der Waals surface area contributed by atoms with E-state index in [-0.39, 0.29) is 0 Å². The highest BCUT2D eigenvalue weighted by molar-refractivity contribution is 7.89. The smallest absolute Gasteiger partial charge is 0.237 e. The molecule has 18 heavy (non-hydrogen) atoms. The van der Waals surface area contributed by atoms with Gasteiger partial charge in [0.15, 0.2) is 11.5 Å². The van der Waals surface area contributed by atoms with Gasteiger partial charge in [-0.2, -0.15) is 0 Å². The number of nitrogens with zero attached hydrogens (tertiary/aromatic N) is 5. The molecule has 0 aliphatic rings. The molecule has 0 saturated carbocycles. The highest BCUT2D eigenvalue weighted by Gasteiger charge is 2.13. The van der Waals surface area contributed by atoms with Crippen molar-refractivity contribution in [2.75, 3.05) is 20.4 Å². The molecule has 0 spiro atoms. The average Bonchev–Trinajstić information content (AvgIpc) is 2.69. The van der Waals surface area contributed by atoms with Crippen LogP contribution >= 0.6 is 0 Å². The van der Waals surface area contributed by atoms with Crippen LogP contribution < -0.4 is 0 Å². The van der Waals surface area contributed by atoms with Crippen molar-refractivity contribution in [1.29, 1.82) is 0 Å². The predicted molar refractivity (Wildman–Crippen MR) is 69.6 cm³/mol. The van der Waals surface area contributed by atoms with E-state index in [1.807, 2.05) is 14.1 Å². The molecule has 0 aliphatic heterocycles. The second-order valence-corrected chi connectivity index (χ2v) is 5.88. The van der Waals surface area contributed by atoms with Crippen LogP contribution in [0.5, 0.6) is 0 Å². The fraction of sp³-hybridized carbons (Fsp3) is 0.300. The van der Waals surface area contributed by atoms with E-state index in [4.69, 9.17) is 0 Å². The van der Waals surface area contributed by atoms with Gasteiger partial charge in [-0.3, -0.25) is 0 Å². The zero-order valence-electron chi connectivity index (χ0n) is 10.3. The van der Waals surface area contributed by atoms with E-state index in [2.05, 4.69) is 15.0 Å². The van der Waals surface area contributed by atoms with Gasteiger partial charge < -0.3 is 4.90 Å². The fourth-order valence-electron chi connectivity index (χ4n) is 1.46. The maximum atomic E-state index is 11.5. The number of fused-ring (bicyclic) bond motifs is 1. The van der Waals surface area contributed by atoms with Crippen LogP contribution in [0.3, 0.4) is 0 Å². The molecule has 96 valence electrons. The van der Waals surface area contributed by atoms with Gasteiger partial charge >= 0.3 is 0 Å². The van der Waals surface area contributed by atoms with Crippen LogP contribution in [0.1, 0.15) is 0 Å². The van der Waals surface area contributed by atoms with Gasteiger partial charge in [0.2, 0.25) is 10.0 Å². The molecule has 2 aromatic rings. The van der Waals surface area contributed by atoms with E-state index < -0.39 is 10.0 Å². The SMILES string of the molecule is CN(C)C=Nc1ncnc2c1ccn2S(C)(=O)=O. The minimum atomic E-state index is -3.37. The Hall–Kier alpha value is -1.96. The zero-order valence-corrected chi connectivity index (χ0v) is 11.1. The Morgan fingerprint density at radius 2 is 2.11 bits per heavy atom. The van der Waals surface area contributed by atoms with Crippen molar-refractivity contribution in [2.45, 2.75) is 0 Å². The van der Waals surface area contributed by atoms with Gasteiger partial charge in [0.25, 0.3) is 0 Å². The molecule has 0 fully saturated rings. The fourth-order valence-corrected chi connectivity index (χ4v) is 2.20. The molecule has 0 bridgehead atoms. The Balaban J connectivity index is 2.63. The molecule has 0 N–H and O–H groups in total. The highest BCUT2D eigenvalue weighted by Crippen LogP contribution is 2.23. The molecule has 2 rings (SSSR count). The third-order valence-electron chi connectivity index (χ3n) is 2.20. The van der Waals surface area contributed by atoms with E-state index in [1.54, 1.807) is 17.3 Å². The lowest BCUT2D eigenvalue weighted by molar-refractivity contribution is 0.595. The first-order valence-electron chi connectivity index (χ1n) is 5.13. The molecule has 2 heterocycles. The number of hydrogen-bond acceptors (Lipinski definition) is 5. The van der Waals surface area contributed by atoms with E-state index in [9.17, 15) is 8.42 Å². The Morgan fingerprint density at radius 1 is 1.39 bits per heavy atom. The minimum Gasteiger partial charge on any atom is -0.369 e. The van der Waals surface area contributed by atoms with Crippen LogP contribution in [0.15, 0.2) is 23.6 Å². The lowest BCUT2D eigenvalue weighted by atomic mass is 10.4. The quantitative estimate of drug-likeness (QED) is 0.596. The second kappa shape index (κ2) is 4.37. The summed E-state index contributed by atoms with van der Waals surface area (Å²) in [5.74, 6) is 0.441. The molecular weight excluding hydrogens is 254 g/mol.